The Labute approximate surface area is 132 Å². The van der Waals surface area contributed by atoms with Crippen LogP contribution in [-0.4, -0.2) is 23.0 Å². The smallest absolute Gasteiger partial charge is 0.326 e. The number of aliphatic carboxylic acids is 1. The summed E-state index contributed by atoms with van der Waals surface area (Å²) in [4.78, 5) is 23.5. The van der Waals surface area contributed by atoms with Gasteiger partial charge in [0, 0.05) is 15.6 Å². The van der Waals surface area contributed by atoms with E-state index in [1.807, 2.05) is 0 Å². The third kappa shape index (κ3) is 2.87. The third-order valence-corrected chi connectivity index (χ3v) is 4.97. The SMILES string of the molecule is O=C(N[C@@H](CC12CC(C1)C2)C(=O)O)c1cc(Cl)cc(Cl)c1. The molecule has 3 saturated carbocycles. The quantitative estimate of drug-likeness (QED) is 0.871. The number of hydrogen-bond donors (Lipinski definition) is 2. The molecule has 4 nitrogen and oxygen atoms in total. The Morgan fingerprint density at radius 2 is 1.81 bits per heavy atom. The molecule has 3 fully saturated rings. The highest BCUT2D eigenvalue weighted by atomic mass is 35.5. The van der Waals surface area contributed by atoms with Crippen LogP contribution in [0.4, 0.5) is 0 Å². The van der Waals surface area contributed by atoms with Crippen LogP contribution < -0.4 is 5.32 Å². The molecular formula is C15H15Cl2NO3. The molecule has 1 aromatic carbocycles. The normalized spacial score (nSPS) is 27.2. The van der Waals surface area contributed by atoms with Gasteiger partial charge in [-0.25, -0.2) is 4.79 Å². The van der Waals surface area contributed by atoms with Gasteiger partial charge in [-0.15, -0.1) is 0 Å². The number of benzene rings is 1. The van der Waals surface area contributed by atoms with Crippen LogP contribution in [0.5, 0.6) is 0 Å². The highest BCUT2D eigenvalue weighted by Gasteiger charge is 2.57. The molecule has 112 valence electrons. The van der Waals surface area contributed by atoms with Crippen molar-refractivity contribution in [2.75, 3.05) is 0 Å². The van der Waals surface area contributed by atoms with E-state index < -0.39 is 17.9 Å². The van der Waals surface area contributed by atoms with E-state index in [0.29, 0.717) is 16.5 Å². The topological polar surface area (TPSA) is 66.4 Å². The number of rotatable bonds is 5. The van der Waals surface area contributed by atoms with E-state index >= 15 is 0 Å². The fourth-order valence-corrected chi connectivity index (χ4v) is 3.99. The van der Waals surface area contributed by atoms with Crippen LogP contribution in [0.2, 0.25) is 10.0 Å². The predicted octanol–water partition coefficient (Wildman–Crippen LogP) is 3.37. The van der Waals surface area contributed by atoms with E-state index in [9.17, 15) is 14.7 Å². The zero-order valence-electron chi connectivity index (χ0n) is 11.2. The second kappa shape index (κ2) is 5.18. The number of carbonyl (C=O) groups is 2. The minimum absolute atomic E-state index is 0.146. The Morgan fingerprint density at radius 1 is 1.24 bits per heavy atom. The number of halogens is 2. The average Bonchev–Trinajstić information content (AvgIpc) is 2.28. The van der Waals surface area contributed by atoms with Crippen molar-refractivity contribution in [1.29, 1.82) is 0 Å². The van der Waals surface area contributed by atoms with Crippen LogP contribution in [0.15, 0.2) is 18.2 Å². The fraction of sp³-hybridized carbons (Fsp3) is 0.467. The number of hydrogen-bond acceptors (Lipinski definition) is 2. The second-order valence-electron chi connectivity index (χ2n) is 6.20. The lowest BCUT2D eigenvalue weighted by atomic mass is 9.43. The Bertz CT molecular complexity index is 580. The first-order valence-corrected chi connectivity index (χ1v) is 7.62. The van der Waals surface area contributed by atoms with E-state index in [0.717, 1.165) is 25.2 Å². The molecule has 4 rings (SSSR count). The van der Waals surface area contributed by atoms with E-state index in [1.54, 1.807) is 0 Å². The molecule has 0 unspecified atom stereocenters. The monoisotopic (exact) mass is 327 g/mol. The summed E-state index contributed by atoms with van der Waals surface area (Å²) < 4.78 is 0. The first-order valence-electron chi connectivity index (χ1n) is 6.87. The molecule has 0 aromatic heterocycles. The summed E-state index contributed by atoms with van der Waals surface area (Å²) >= 11 is 11.7. The number of carboxylic acid groups (broad SMARTS) is 1. The van der Waals surface area contributed by atoms with Crippen LogP contribution >= 0.6 is 23.2 Å². The lowest BCUT2D eigenvalue weighted by Crippen LogP contribution is -2.56. The zero-order chi connectivity index (χ0) is 15.2. The lowest BCUT2D eigenvalue weighted by Gasteiger charge is -2.62. The molecule has 2 bridgehead atoms. The highest BCUT2D eigenvalue weighted by molar-refractivity contribution is 6.35. The first kappa shape index (κ1) is 14.7. The Morgan fingerprint density at radius 3 is 2.24 bits per heavy atom. The summed E-state index contributed by atoms with van der Waals surface area (Å²) in [5.74, 6) is -0.679. The van der Waals surface area contributed by atoms with Crippen LogP contribution in [0.25, 0.3) is 0 Å². The predicted molar refractivity (Wildman–Crippen MR) is 79.7 cm³/mol. The number of nitrogens with one attached hydrogen (secondary N) is 1. The molecular weight excluding hydrogens is 313 g/mol. The molecule has 6 heteroatoms. The summed E-state index contributed by atoms with van der Waals surface area (Å²) in [7, 11) is 0. The molecule has 1 aromatic rings. The molecule has 0 radical (unpaired) electrons. The van der Waals surface area contributed by atoms with E-state index in [4.69, 9.17) is 23.2 Å². The van der Waals surface area contributed by atoms with Crippen molar-refractivity contribution in [3.05, 3.63) is 33.8 Å². The molecule has 3 aliphatic rings. The van der Waals surface area contributed by atoms with Crippen molar-refractivity contribution >= 4 is 35.1 Å². The van der Waals surface area contributed by atoms with Crippen LogP contribution in [0, 0.1) is 11.3 Å². The van der Waals surface area contributed by atoms with Gasteiger partial charge >= 0.3 is 5.97 Å². The average molecular weight is 328 g/mol. The van der Waals surface area contributed by atoms with Crippen LogP contribution in [0.3, 0.4) is 0 Å². The second-order valence-corrected chi connectivity index (χ2v) is 7.08. The van der Waals surface area contributed by atoms with Gasteiger partial charge in [0.25, 0.3) is 5.91 Å². The summed E-state index contributed by atoms with van der Waals surface area (Å²) in [5.41, 5.74) is 0.420. The van der Waals surface area contributed by atoms with Crippen molar-refractivity contribution in [3.8, 4) is 0 Å². The van der Waals surface area contributed by atoms with Gasteiger partial charge < -0.3 is 10.4 Å². The van der Waals surface area contributed by atoms with Crippen LogP contribution in [-0.2, 0) is 4.79 Å². The summed E-state index contributed by atoms with van der Waals surface area (Å²) in [6.07, 6.45) is 3.78. The summed E-state index contributed by atoms with van der Waals surface area (Å²) in [6.45, 7) is 0. The minimum atomic E-state index is -0.999. The Kier molecular flexibility index (Phi) is 3.62. The molecule has 2 N–H and O–H groups in total. The Hall–Kier alpha value is -1.26. The maximum absolute atomic E-state index is 12.2. The van der Waals surface area contributed by atoms with Crippen molar-refractivity contribution in [1.82, 2.24) is 5.32 Å². The van der Waals surface area contributed by atoms with E-state index in [2.05, 4.69) is 5.32 Å². The minimum Gasteiger partial charge on any atom is -0.480 e. The first-order chi connectivity index (χ1) is 9.87. The molecule has 0 spiro atoms. The van der Waals surface area contributed by atoms with Gasteiger partial charge in [-0.3, -0.25) is 4.79 Å². The standard InChI is InChI=1S/C15H15Cl2NO3/c16-10-1-9(2-11(17)3-10)13(19)18-12(14(20)21)7-15-4-8(5-15)6-15/h1-3,8,12H,4-7H2,(H,18,19)(H,20,21)/t8?,12-,15?/m0/s1. The lowest BCUT2D eigenvalue weighted by molar-refractivity contribution is -0.149. The number of amides is 1. The summed E-state index contributed by atoms with van der Waals surface area (Å²) in [5, 5.41) is 12.6. The summed E-state index contributed by atoms with van der Waals surface area (Å²) in [6, 6.07) is 3.61. The molecule has 0 aliphatic heterocycles. The van der Waals surface area contributed by atoms with Gasteiger partial charge in [-0.1, -0.05) is 23.2 Å². The maximum atomic E-state index is 12.2. The fourth-order valence-electron chi connectivity index (χ4n) is 3.47. The van der Waals surface area contributed by atoms with Crippen molar-refractivity contribution in [2.24, 2.45) is 11.3 Å². The Balaban J connectivity index is 1.69. The van der Waals surface area contributed by atoms with Gasteiger partial charge in [0.05, 0.1) is 0 Å². The molecule has 1 atom stereocenters. The van der Waals surface area contributed by atoms with Gasteiger partial charge in [-0.05, 0) is 55.2 Å². The van der Waals surface area contributed by atoms with Gasteiger partial charge in [0.1, 0.15) is 6.04 Å². The van der Waals surface area contributed by atoms with Gasteiger partial charge in [-0.2, -0.15) is 0 Å². The van der Waals surface area contributed by atoms with Gasteiger partial charge in [0.2, 0.25) is 0 Å². The number of carbonyl (C=O) groups excluding carboxylic acids is 1. The van der Waals surface area contributed by atoms with Crippen LogP contribution in [0.1, 0.15) is 36.0 Å². The molecule has 1 amide bonds. The van der Waals surface area contributed by atoms with Gasteiger partial charge in [0.15, 0.2) is 0 Å². The van der Waals surface area contributed by atoms with E-state index in [-0.39, 0.29) is 11.0 Å². The van der Waals surface area contributed by atoms with E-state index in [1.165, 1.54) is 18.2 Å². The van der Waals surface area contributed by atoms with Crippen molar-refractivity contribution < 1.29 is 14.7 Å². The number of carboxylic acids is 1. The molecule has 21 heavy (non-hydrogen) atoms. The molecule has 0 saturated heterocycles. The molecule has 0 heterocycles. The maximum Gasteiger partial charge on any atom is 0.326 e. The highest BCUT2D eigenvalue weighted by Crippen LogP contribution is 2.66. The molecule has 3 aliphatic carbocycles. The van der Waals surface area contributed by atoms with Crippen molar-refractivity contribution in [2.45, 2.75) is 31.7 Å². The van der Waals surface area contributed by atoms with Crippen molar-refractivity contribution in [3.63, 3.8) is 0 Å². The largest absolute Gasteiger partial charge is 0.480 e. The zero-order valence-corrected chi connectivity index (χ0v) is 12.7. The third-order valence-electron chi connectivity index (χ3n) is 4.53.